The second-order valence-corrected chi connectivity index (χ2v) is 19.6. The molecule has 0 radical (unpaired) electrons. The molecule has 0 bridgehead atoms. The summed E-state index contributed by atoms with van der Waals surface area (Å²) in [6.07, 6.45) is 0. The summed E-state index contributed by atoms with van der Waals surface area (Å²) in [4.78, 5) is 0. The number of aromatic nitrogens is 2. The van der Waals surface area contributed by atoms with Crippen molar-refractivity contribution in [3.8, 4) is 55.9 Å². The Morgan fingerprint density at radius 3 is 1.01 bits per heavy atom. The summed E-state index contributed by atoms with van der Waals surface area (Å²) < 4.78 is 4.99. The van der Waals surface area contributed by atoms with Crippen molar-refractivity contribution in [2.24, 2.45) is 0 Å². The van der Waals surface area contributed by atoms with Gasteiger partial charge in [-0.25, -0.2) is 0 Å². The SMILES string of the molecule is c1ccc(-c2cccc(-c3cccc(-c4cccc(-c5cccc(C(c6ccccc6)(c6ccccc6)c6cccc(-n7c8ccccc8c8ccc9c%10ccccc%10n(-c%10ccccc%10)c9c87)c6)c5)c4)c3)c2)cc1. The van der Waals surface area contributed by atoms with E-state index in [1.165, 1.54) is 99.2 Å². The monoisotopic (exact) mass is 954 g/mol. The third-order valence-corrected chi connectivity index (χ3v) is 15.4. The summed E-state index contributed by atoms with van der Waals surface area (Å²) in [5.41, 5.74) is 20.5. The van der Waals surface area contributed by atoms with E-state index in [9.17, 15) is 0 Å². The van der Waals surface area contributed by atoms with Crippen LogP contribution in [-0.4, -0.2) is 9.13 Å². The van der Waals surface area contributed by atoms with Crippen molar-refractivity contribution in [1.82, 2.24) is 9.13 Å². The quantitative estimate of drug-likeness (QED) is 0.121. The van der Waals surface area contributed by atoms with E-state index < -0.39 is 5.41 Å². The Bertz CT molecular complexity index is 4350. The summed E-state index contributed by atoms with van der Waals surface area (Å²) in [6, 6.07) is 111. The lowest BCUT2D eigenvalue weighted by atomic mass is 9.65. The van der Waals surface area contributed by atoms with Gasteiger partial charge in [-0.2, -0.15) is 0 Å². The lowest BCUT2D eigenvalue weighted by molar-refractivity contribution is 0.744. The van der Waals surface area contributed by atoms with Gasteiger partial charge < -0.3 is 9.13 Å². The summed E-state index contributed by atoms with van der Waals surface area (Å²) in [5, 5.41) is 4.91. The second kappa shape index (κ2) is 18.4. The van der Waals surface area contributed by atoms with E-state index in [-0.39, 0.29) is 0 Å². The molecule has 12 aromatic carbocycles. The molecule has 0 aliphatic carbocycles. The molecule has 0 saturated heterocycles. The van der Waals surface area contributed by atoms with Crippen molar-refractivity contribution in [3.63, 3.8) is 0 Å². The fourth-order valence-electron chi connectivity index (χ4n) is 12.1. The Kier molecular flexibility index (Phi) is 10.8. The van der Waals surface area contributed by atoms with E-state index in [1.807, 2.05) is 0 Å². The maximum Gasteiger partial charge on any atom is 0.0788 e. The van der Waals surface area contributed by atoms with Crippen LogP contribution in [0.15, 0.2) is 303 Å². The first kappa shape index (κ1) is 44.0. The minimum atomic E-state index is -0.707. The maximum absolute atomic E-state index is 2.52. The fourth-order valence-corrected chi connectivity index (χ4v) is 12.1. The lowest BCUT2D eigenvalue weighted by Crippen LogP contribution is -2.31. The highest BCUT2D eigenvalue weighted by Gasteiger charge is 2.39. The van der Waals surface area contributed by atoms with Gasteiger partial charge in [0, 0.05) is 32.9 Å². The molecule has 0 saturated carbocycles. The van der Waals surface area contributed by atoms with E-state index >= 15 is 0 Å². The van der Waals surface area contributed by atoms with Crippen molar-refractivity contribution in [3.05, 3.63) is 326 Å². The number of hydrogen-bond acceptors (Lipinski definition) is 0. The molecule has 2 heteroatoms. The van der Waals surface area contributed by atoms with E-state index in [0.29, 0.717) is 0 Å². The molecule has 14 aromatic rings. The Morgan fingerprint density at radius 1 is 0.200 bits per heavy atom. The van der Waals surface area contributed by atoms with Gasteiger partial charge >= 0.3 is 0 Å². The van der Waals surface area contributed by atoms with Crippen LogP contribution in [0.3, 0.4) is 0 Å². The van der Waals surface area contributed by atoms with E-state index in [2.05, 4.69) is 312 Å². The Morgan fingerprint density at radius 2 is 0.520 bits per heavy atom. The molecule has 0 unspecified atom stereocenters. The van der Waals surface area contributed by atoms with E-state index in [1.54, 1.807) is 0 Å². The van der Waals surface area contributed by atoms with E-state index in [0.717, 1.165) is 22.5 Å². The number of nitrogens with zero attached hydrogens (tertiary/aromatic N) is 2. The predicted molar refractivity (Wildman–Crippen MR) is 315 cm³/mol. The van der Waals surface area contributed by atoms with Crippen molar-refractivity contribution in [2.75, 3.05) is 0 Å². The fraction of sp³-hybridized carbons (Fsp3) is 0.0137. The number of rotatable bonds is 10. The van der Waals surface area contributed by atoms with Crippen LogP contribution in [0, 0.1) is 0 Å². The Hall–Kier alpha value is -9.76. The lowest BCUT2D eigenvalue weighted by Gasteiger charge is -2.37. The van der Waals surface area contributed by atoms with E-state index in [4.69, 9.17) is 0 Å². The molecule has 75 heavy (non-hydrogen) atoms. The Balaban J connectivity index is 0.953. The summed E-state index contributed by atoms with van der Waals surface area (Å²) in [6.45, 7) is 0. The topological polar surface area (TPSA) is 9.86 Å². The summed E-state index contributed by atoms with van der Waals surface area (Å²) >= 11 is 0. The zero-order valence-corrected chi connectivity index (χ0v) is 41.3. The van der Waals surface area contributed by atoms with Crippen LogP contribution in [0.2, 0.25) is 0 Å². The van der Waals surface area contributed by atoms with Gasteiger partial charge in [-0.15, -0.1) is 0 Å². The average Bonchev–Trinajstić information content (AvgIpc) is 4.03. The number of fused-ring (bicyclic) bond motifs is 7. The highest BCUT2D eigenvalue weighted by atomic mass is 15.0. The predicted octanol–water partition coefficient (Wildman–Crippen LogP) is 18.9. The molecule has 2 nitrogen and oxygen atoms in total. The molecule has 0 N–H and O–H groups in total. The number of para-hydroxylation sites is 3. The zero-order chi connectivity index (χ0) is 49.7. The minimum Gasteiger partial charge on any atom is -0.307 e. The van der Waals surface area contributed by atoms with Crippen LogP contribution < -0.4 is 0 Å². The van der Waals surface area contributed by atoms with Gasteiger partial charge in [-0.3, -0.25) is 0 Å². The normalized spacial score (nSPS) is 11.7. The first-order chi connectivity index (χ1) is 37.2. The van der Waals surface area contributed by atoms with Crippen molar-refractivity contribution < 1.29 is 0 Å². The van der Waals surface area contributed by atoms with Crippen LogP contribution in [-0.2, 0) is 5.41 Å². The van der Waals surface area contributed by atoms with Gasteiger partial charge in [0.15, 0.2) is 0 Å². The van der Waals surface area contributed by atoms with Gasteiger partial charge in [-0.05, 0) is 127 Å². The highest BCUT2D eigenvalue weighted by Crippen LogP contribution is 2.48. The third kappa shape index (κ3) is 7.41. The largest absolute Gasteiger partial charge is 0.307 e. The second-order valence-electron chi connectivity index (χ2n) is 19.6. The molecule has 2 heterocycles. The first-order valence-electron chi connectivity index (χ1n) is 25.9. The van der Waals surface area contributed by atoms with Crippen LogP contribution in [0.1, 0.15) is 22.3 Å². The number of hydrogen-bond donors (Lipinski definition) is 0. The molecule has 14 rings (SSSR count). The molecule has 0 aliphatic heterocycles. The Labute approximate surface area is 437 Å². The molecule has 0 atom stereocenters. The van der Waals surface area contributed by atoms with Crippen LogP contribution >= 0.6 is 0 Å². The summed E-state index contributed by atoms with van der Waals surface area (Å²) in [5.74, 6) is 0. The average molecular weight is 955 g/mol. The van der Waals surface area contributed by atoms with Crippen LogP contribution in [0.4, 0.5) is 0 Å². The molecule has 2 aromatic heterocycles. The van der Waals surface area contributed by atoms with Gasteiger partial charge in [0.1, 0.15) is 0 Å². The van der Waals surface area contributed by atoms with Crippen molar-refractivity contribution in [1.29, 1.82) is 0 Å². The van der Waals surface area contributed by atoms with Crippen molar-refractivity contribution >= 4 is 43.6 Å². The third-order valence-electron chi connectivity index (χ3n) is 15.4. The standard InChI is InChI=1S/C73H50N2/c1-5-22-51(23-6-1)52-24-17-25-53(46-52)54-26-18-27-55(47-54)56-28-19-29-57(48-56)58-30-20-35-61(49-58)73(59-31-7-2-8-32-59,60-33-9-3-10-34-60)62-36-21-39-64(50-62)75-70-43-16-14-41-66(70)68-45-44-67-65-40-13-15-42-69(65)74(71(67)72(68)75)63-37-11-4-12-38-63/h1-50H. The van der Waals surface area contributed by atoms with Crippen molar-refractivity contribution in [2.45, 2.75) is 5.41 Å². The van der Waals surface area contributed by atoms with Crippen LogP contribution in [0.25, 0.3) is 99.5 Å². The molecule has 352 valence electrons. The molecule has 0 fully saturated rings. The van der Waals surface area contributed by atoms with Crippen LogP contribution in [0.5, 0.6) is 0 Å². The van der Waals surface area contributed by atoms with Gasteiger partial charge in [0.2, 0.25) is 0 Å². The van der Waals surface area contributed by atoms with Gasteiger partial charge in [0.05, 0.1) is 27.5 Å². The highest BCUT2D eigenvalue weighted by molar-refractivity contribution is 6.23. The first-order valence-corrected chi connectivity index (χ1v) is 25.9. The molecular weight excluding hydrogens is 905 g/mol. The zero-order valence-electron chi connectivity index (χ0n) is 41.3. The molecule has 0 spiro atoms. The van der Waals surface area contributed by atoms with Gasteiger partial charge in [0.25, 0.3) is 0 Å². The minimum absolute atomic E-state index is 0.707. The smallest absolute Gasteiger partial charge is 0.0788 e. The molecule has 0 amide bonds. The molecule has 0 aliphatic rings. The van der Waals surface area contributed by atoms with Gasteiger partial charge in [-0.1, -0.05) is 243 Å². The molecular formula is C73H50N2. The number of benzene rings is 12. The summed E-state index contributed by atoms with van der Waals surface area (Å²) in [7, 11) is 0. The maximum atomic E-state index is 2.52.